The molecule has 0 unspecified atom stereocenters. The van der Waals surface area contributed by atoms with Crippen LogP contribution in [0.5, 0.6) is 0 Å². The van der Waals surface area contributed by atoms with Crippen molar-refractivity contribution in [3.63, 3.8) is 0 Å². The van der Waals surface area contributed by atoms with Gasteiger partial charge in [0.1, 0.15) is 11.4 Å². The van der Waals surface area contributed by atoms with Gasteiger partial charge >= 0.3 is 5.97 Å². The minimum atomic E-state index is -3.56. The average molecular weight is 312 g/mol. The van der Waals surface area contributed by atoms with Crippen LogP contribution in [0.25, 0.3) is 0 Å². The third-order valence-corrected chi connectivity index (χ3v) is 5.44. The molecule has 0 fully saturated rings. The molecule has 0 spiro atoms. The van der Waals surface area contributed by atoms with Crippen molar-refractivity contribution < 1.29 is 17.9 Å². The van der Waals surface area contributed by atoms with Crippen molar-refractivity contribution >= 4 is 15.8 Å². The van der Waals surface area contributed by atoms with Crippen LogP contribution in [0.15, 0.2) is 35.2 Å². The number of rotatable bonds is 5. The molecule has 118 valence electrons. The van der Waals surface area contributed by atoms with Gasteiger partial charge in [-0.2, -0.15) is 0 Å². The van der Waals surface area contributed by atoms with Crippen molar-refractivity contribution in [2.75, 3.05) is 0 Å². The normalized spacial score (nSPS) is 15.3. The van der Waals surface area contributed by atoms with E-state index in [-0.39, 0.29) is 10.3 Å². The Hall–Kier alpha value is -1.36. The molecule has 0 aliphatic carbocycles. The molecule has 4 nitrogen and oxygen atoms in total. The van der Waals surface area contributed by atoms with Crippen LogP contribution in [0.1, 0.15) is 41.0 Å². The van der Waals surface area contributed by atoms with Crippen molar-refractivity contribution in [3.8, 4) is 0 Å². The van der Waals surface area contributed by atoms with Gasteiger partial charge in [0, 0.05) is 6.92 Å². The number of carbonyl (C=O) groups is 1. The summed E-state index contributed by atoms with van der Waals surface area (Å²) in [5, 5.41) is -0.760. The number of hydrogen-bond acceptors (Lipinski definition) is 4. The topological polar surface area (TPSA) is 60.4 Å². The highest BCUT2D eigenvalue weighted by Crippen LogP contribution is 2.31. The lowest BCUT2D eigenvalue weighted by molar-refractivity contribution is -0.145. The van der Waals surface area contributed by atoms with Crippen LogP contribution in [0, 0.1) is 5.41 Å². The van der Waals surface area contributed by atoms with Crippen molar-refractivity contribution in [2.45, 2.75) is 57.3 Å². The molecule has 0 aliphatic rings. The van der Waals surface area contributed by atoms with Crippen LogP contribution < -0.4 is 0 Å². The summed E-state index contributed by atoms with van der Waals surface area (Å²) in [6, 6.07) is 8.30. The van der Waals surface area contributed by atoms with E-state index >= 15 is 0 Å². The average Bonchev–Trinajstić information content (AvgIpc) is 2.35. The lowest BCUT2D eigenvalue weighted by Crippen LogP contribution is -2.38. The van der Waals surface area contributed by atoms with Gasteiger partial charge in [-0.1, -0.05) is 39.0 Å². The second-order valence-electron chi connectivity index (χ2n) is 6.48. The third kappa shape index (κ3) is 5.16. The molecule has 0 aromatic heterocycles. The predicted molar refractivity (Wildman–Crippen MR) is 82.7 cm³/mol. The molecule has 0 N–H and O–H groups in total. The molecular weight excluding hydrogens is 288 g/mol. The van der Waals surface area contributed by atoms with Gasteiger partial charge in [-0.15, -0.1) is 0 Å². The molecule has 5 heteroatoms. The lowest BCUT2D eigenvalue weighted by atomic mass is 9.89. The predicted octanol–water partition coefficient (Wildman–Crippen LogP) is 3.22. The van der Waals surface area contributed by atoms with Crippen molar-refractivity contribution in [2.24, 2.45) is 5.41 Å². The monoisotopic (exact) mass is 312 g/mol. The van der Waals surface area contributed by atoms with Crippen molar-refractivity contribution in [1.82, 2.24) is 0 Å². The summed E-state index contributed by atoms with van der Waals surface area (Å²) < 4.78 is 30.8. The van der Waals surface area contributed by atoms with Gasteiger partial charge in [0.15, 0.2) is 9.84 Å². The molecule has 2 atom stereocenters. The molecule has 0 heterocycles. The minimum absolute atomic E-state index is 0.194. The van der Waals surface area contributed by atoms with Crippen LogP contribution in [0.3, 0.4) is 0 Å². The van der Waals surface area contributed by atoms with Crippen molar-refractivity contribution in [1.29, 1.82) is 0 Å². The number of carbonyl (C=O) groups excluding carboxylic acids is 1. The maximum Gasteiger partial charge on any atom is 0.302 e. The zero-order chi connectivity index (χ0) is 16.3. The van der Waals surface area contributed by atoms with E-state index in [0.29, 0.717) is 6.42 Å². The van der Waals surface area contributed by atoms with E-state index in [4.69, 9.17) is 4.74 Å². The van der Waals surface area contributed by atoms with Crippen LogP contribution in [-0.4, -0.2) is 25.7 Å². The van der Waals surface area contributed by atoms with E-state index in [1.807, 2.05) is 20.8 Å². The maximum absolute atomic E-state index is 12.8. The first-order valence-corrected chi connectivity index (χ1v) is 8.55. The highest BCUT2D eigenvalue weighted by atomic mass is 32.2. The Labute approximate surface area is 127 Å². The van der Waals surface area contributed by atoms with Gasteiger partial charge in [-0.25, -0.2) is 8.42 Å². The molecule has 1 aromatic carbocycles. The second kappa shape index (κ2) is 6.60. The summed E-state index contributed by atoms with van der Waals surface area (Å²) in [6.07, 6.45) is -0.273. The van der Waals surface area contributed by atoms with Gasteiger partial charge in [0.2, 0.25) is 0 Å². The number of sulfone groups is 1. The highest BCUT2D eigenvalue weighted by Gasteiger charge is 2.37. The Morgan fingerprint density at radius 2 is 1.71 bits per heavy atom. The van der Waals surface area contributed by atoms with Gasteiger partial charge in [-0.05, 0) is 30.9 Å². The van der Waals surface area contributed by atoms with Crippen LogP contribution in [0.2, 0.25) is 0 Å². The lowest BCUT2D eigenvalue weighted by Gasteiger charge is -2.29. The summed E-state index contributed by atoms with van der Waals surface area (Å²) in [5.74, 6) is -0.468. The summed E-state index contributed by atoms with van der Waals surface area (Å²) in [7, 11) is -3.56. The van der Waals surface area contributed by atoms with E-state index in [0.717, 1.165) is 0 Å². The Morgan fingerprint density at radius 1 is 1.19 bits per heavy atom. The molecule has 21 heavy (non-hydrogen) atoms. The fraction of sp³-hybridized carbons (Fsp3) is 0.562. The summed E-state index contributed by atoms with van der Waals surface area (Å²) in [5.41, 5.74) is -0.194. The maximum atomic E-state index is 12.8. The fourth-order valence-electron chi connectivity index (χ4n) is 2.25. The minimum Gasteiger partial charge on any atom is -0.461 e. The molecule has 0 saturated carbocycles. The van der Waals surface area contributed by atoms with Gasteiger partial charge in [0.05, 0.1) is 4.90 Å². The Morgan fingerprint density at radius 3 is 2.14 bits per heavy atom. The standard InChI is InChI=1S/C16H24O4S/c1-12(20-13(2)17)15(11-16(3,4)5)21(18,19)14-9-7-6-8-10-14/h6-10,12,15H,11H2,1-5H3/t12-,15-/m1/s1. The molecule has 0 amide bonds. The second-order valence-corrected chi connectivity index (χ2v) is 8.64. The molecule has 1 aromatic rings. The van der Waals surface area contributed by atoms with Gasteiger partial charge in [0.25, 0.3) is 0 Å². The van der Waals surface area contributed by atoms with Crippen molar-refractivity contribution in [3.05, 3.63) is 30.3 Å². The summed E-state index contributed by atoms with van der Waals surface area (Å²) in [6.45, 7) is 8.85. The van der Waals surface area contributed by atoms with E-state index < -0.39 is 27.2 Å². The first kappa shape index (κ1) is 17.7. The van der Waals surface area contributed by atoms with Crippen LogP contribution in [-0.2, 0) is 19.4 Å². The van der Waals surface area contributed by atoms with Gasteiger partial charge < -0.3 is 4.74 Å². The Kier molecular flexibility index (Phi) is 5.56. The first-order chi connectivity index (χ1) is 9.54. The molecule has 0 saturated heterocycles. The Bertz CT molecular complexity index is 570. The summed E-state index contributed by atoms with van der Waals surface area (Å²) in [4.78, 5) is 11.4. The Balaban J connectivity index is 3.20. The quantitative estimate of drug-likeness (QED) is 0.783. The molecule has 1 rings (SSSR count). The van der Waals surface area contributed by atoms with E-state index in [1.54, 1.807) is 37.3 Å². The third-order valence-electron chi connectivity index (χ3n) is 3.16. The van der Waals surface area contributed by atoms with E-state index in [2.05, 4.69) is 0 Å². The van der Waals surface area contributed by atoms with Gasteiger partial charge in [-0.3, -0.25) is 4.79 Å². The number of benzene rings is 1. The van der Waals surface area contributed by atoms with Crippen LogP contribution >= 0.6 is 0 Å². The highest BCUT2D eigenvalue weighted by molar-refractivity contribution is 7.92. The SMILES string of the molecule is CC(=O)O[C@H](C)[C@@H](CC(C)(C)C)S(=O)(=O)c1ccccc1. The number of esters is 1. The summed E-state index contributed by atoms with van der Waals surface area (Å²) >= 11 is 0. The van der Waals surface area contributed by atoms with Crippen LogP contribution in [0.4, 0.5) is 0 Å². The molecular formula is C16H24O4S. The fourth-order valence-corrected chi connectivity index (χ4v) is 4.42. The number of ether oxygens (including phenoxy) is 1. The zero-order valence-corrected chi connectivity index (χ0v) is 14.1. The smallest absolute Gasteiger partial charge is 0.302 e. The first-order valence-electron chi connectivity index (χ1n) is 7.00. The molecule has 0 aliphatic heterocycles. The largest absolute Gasteiger partial charge is 0.461 e. The number of hydrogen-bond donors (Lipinski definition) is 0. The van der Waals surface area contributed by atoms with E-state index in [1.165, 1.54) is 6.92 Å². The molecule has 0 radical (unpaired) electrons. The molecule has 0 bridgehead atoms. The van der Waals surface area contributed by atoms with E-state index in [9.17, 15) is 13.2 Å². The zero-order valence-electron chi connectivity index (χ0n) is 13.3.